The van der Waals surface area contributed by atoms with Crippen molar-refractivity contribution < 1.29 is 9.18 Å². The van der Waals surface area contributed by atoms with Gasteiger partial charge in [0.05, 0.1) is 5.38 Å². The lowest BCUT2D eigenvalue weighted by Crippen LogP contribution is -2.31. The number of benzene rings is 2. The van der Waals surface area contributed by atoms with Crippen LogP contribution < -0.4 is 5.32 Å². The Morgan fingerprint density at radius 2 is 2.00 bits per heavy atom. The Labute approximate surface area is 131 Å². The van der Waals surface area contributed by atoms with Gasteiger partial charge in [-0.3, -0.25) is 4.79 Å². The van der Waals surface area contributed by atoms with E-state index in [2.05, 4.69) is 5.32 Å². The molecule has 0 aromatic heterocycles. The van der Waals surface area contributed by atoms with Crippen LogP contribution in [0.2, 0.25) is 5.02 Å². The molecule has 1 atom stereocenters. The van der Waals surface area contributed by atoms with Crippen LogP contribution in [0.15, 0.2) is 36.4 Å². The molecule has 2 nitrogen and oxygen atoms in total. The molecule has 1 unspecified atom stereocenters. The molecule has 1 N–H and O–H groups in total. The SMILES string of the molecule is O=C1NCCc2ccc(C(Cl)c3ccc(F)cc3Cl)cc21. The van der Waals surface area contributed by atoms with Crippen LogP contribution >= 0.6 is 23.2 Å². The first-order valence-corrected chi connectivity index (χ1v) is 7.38. The Balaban J connectivity index is 2.00. The summed E-state index contributed by atoms with van der Waals surface area (Å²) in [5.41, 5.74) is 3.04. The fourth-order valence-electron chi connectivity index (χ4n) is 2.47. The van der Waals surface area contributed by atoms with Gasteiger partial charge in [0.2, 0.25) is 0 Å². The van der Waals surface area contributed by atoms with Gasteiger partial charge < -0.3 is 5.32 Å². The van der Waals surface area contributed by atoms with Gasteiger partial charge in [0, 0.05) is 17.1 Å². The van der Waals surface area contributed by atoms with E-state index >= 15 is 0 Å². The van der Waals surface area contributed by atoms with Gasteiger partial charge in [-0.05, 0) is 41.3 Å². The molecule has 0 saturated heterocycles. The predicted octanol–water partition coefficient (Wildman–Crippen LogP) is 4.09. The number of alkyl halides is 1. The Kier molecular flexibility index (Phi) is 3.87. The van der Waals surface area contributed by atoms with Crippen LogP contribution in [-0.2, 0) is 6.42 Å². The highest BCUT2D eigenvalue weighted by atomic mass is 35.5. The molecule has 0 spiro atoms. The molecular weight excluding hydrogens is 312 g/mol. The molecule has 108 valence electrons. The number of hydrogen-bond donors (Lipinski definition) is 1. The van der Waals surface area contributed by atoms with Crippen molar-refractivity contribution in [1.29, 1.82) is 0 Å². The van der Waals surface area contributed by atoms with Crippen molar-refractivity contribution in [2.24, 2.45) is 0 Å². The first-order chi connectivity index (χ1) is 10.1. The summed E-state index contributed by atoms with van der Waals surface area (Å²) in [6.45, 7) is 0.652. The maximum Gasteiger partial charge on any atom is 0.251 e. The largest absolute Gasteiger partial charge is 0.352 e. The normalized spacial score (nSPS) is 15.3. The zero-order chi connectivity index (χ0) is 15.0. The summed E-state index contributed by atoms with van der Waals surface area (Å²) in [5, 5.41) is 2.55. The van der Waals surface area contributed by atoms with Crippen LogP contribution in [0.25, 0.3) is 0 Å². The number of amides is 1. The lowest BCUT2D eigenvalue weighted by molar-refractivity contribution is 0.0946. The summed E-state index contributed by atoms with van der Waals surface area (Å²) >= 11 is 12.5. The topological polar surface area (TPSA) is 29.1 Å². The third kappa shape index (κ3) is 2.76. The minimum absolute atomic E-state index is 0.0906. The van der Waals surface area contributed by atoms with E-state index in [0.29, 0.717) is 17.7 Å². The highest BCUT2D eigenvalue weighted by molar-refractivity contribution is 6.33. The highest BCUT2D eigenvalue weighted by Gasteiger charge is 2.20. The van der Waals surface area contributed by atoms with E-state index in [4.69, 9.17) is 23.2 Å². The summed E-state index contributed by atoms with van der Waals surface area (Å²) in [5.74, 6) is -0.496. The standard InChI is InChI=1S/C16H12Cl2FNO/c17-14-8-11(19)3-4-12(14)15(18)10-2-1-9-5-6-20-16(21)13(9)7-10/h1-4,7-8,15H,5-6H2,(H,20,21). The van der Waals surface area contributed by atoms with Crippen molar-refractivity contribution in [2.75, 3.05) is 6.54 Å². The molecule has 21 heavy (non-hydrogen) atoms. The fraction of sp³-hybridized carbons (Fsp3) is 0.188. The third-order valence-corrected chi connectivity index (χ3v) is 4.40. The lowest BCUT2D eigenvalue weighted by atomic mass is 9.95. The fourth-order valence-corrected chi connectivity index (χ4v) is 3.13. The molecule has 0 bridgehead atoms. The van der Waals surface area contributed by atoms with E-state index in [1.807, 2.05) is 12.1 Å². The van der Waals surface area contributed by atoms with Crippen LogP contribution in [0.3, 0.4) is 0 Å². The van der Waals surface area contributed by atoms with Crippen molar-refractivity contribution in [3.63, 3.8) is 0 Å². The molecule has 2 aromatic carbocycles. The summed E-state index contributed by atoms with van der Waals surface area (Å²) in [7, 11) is 0. The van der Waals surface area contributed by atoms with Crippen molar-refractivity contribution in [2.45, 2.75) is 11.8 Å². The lowest BCUT2D eigenvalue weighted by Gasteiger charge is -2.19. The molecule has 0 aliphatic carbocycles. The molecule has 5 heteroatoms. The van der Waals surface area contributed by atoms with Crippen LogP contribution in [0.5, 0.6) is 0 Å². The molecule has 0 saturated carbocycles. The number of fused-ring (bicyclic) bond motifs is 1. The molecule has 1 aliphatic rings. The molecule has 1 aliphatic heterocycles. The minimum Gasteiger partial charge on any atom is -0.352 e. The Morgan fingerprint density at radius 3 is 2.76 bits per heavy atom. The molecule has 0 radical (unpaired) electrons. The second-order valence-corrected chi connectivity index (χ2v) is 5.79. The zero-order valence-corrected chi connectivity index (χ0v) is 12.5. The van der Waals surface area contributed by atoms with Crippen LogP contribution in [-0.4, -0.2) is 12.5 Å². The monoisotopic (exact) mass is 323 g/mol. The number of rotatable bonds is 2. The summed E-state index contributed by atoms with van der Waals surface area (Å²) in [6, 6.07) is 9.69. The number of carbonyl (C=O) groups excluding carboxylic acids is 1. The van der Waals surface area contributed by atoms with Gasteiger partial charge in [-0.25, -0.2) is 4.39 Å². The Morgan fingerprint density at radius 1 is 1.19 bits per heavy atom. The second-order valence-electron chi connectivity index (χ2n) is 4.95. The van der Waals surface area contributed by atoms with Crippen molar-refractivity contribution >= 4 is 29.1 Å². The summed E-state index contributed by atoms with van der Waals surface area (Å²) < 4.78 is 13.1. The average Bonchev–Trinajstić information content (AvgIpc) is 2.47. The van der Waals surface area contributed by atoms with Crippen LogP contribution in [0, 0.1) is 5.82 Å². The van der Waals surface area contributed by atoms with Gasteiger partial charge in [0.1, 0.15) is 5.82 Å². The van der Waals surface area contributed by atoms with E-state index in [-0.39, 0.29) is 10.9 Å². The smallest absolute Gasteiger partial charge is 0.251 e. The maximum atomic E-state index is 13.1. The van der Waals surface area contributed by atoms with Gasteiger partial charge in [0.25, 0.3) is 5.91 Å². The van der Waals surface area contributed by atoms with E-state index in [9.17, 15) is 9.18 Å². The quantitative estimate of drug-likeness (QED) is 0.828. The number of halogens is 3. The van der Waals surface area contributed by atoms with E-state index in [1.165, 1.54) is 12.1 Å². The summed E-state index contributed by atoms with van der Waals surface area (Å²) in [4.78, 5) is 11.9. The van der Waals surface area contributed by atoms with Gasteiger partial charge in [0.15, 0.2) is 0 Å². The first-order valence-electron chi connectivity index (χ1n) is 6.56. The molecule has 2 aromatic rings. The van der Waals surface area contributed by atoms with Crippen LogP contribution in [0.4, 0.5) is 4.39 Å². The van der Waals surface area contributed by atoms with E-state index in [0.717, 1.165) is 17.5 Å². The van der Waals surface area contributed by atoms with Crippen molar-refractivity contribution in [3.8, 4) is 0 Å². The first kappa shape index (κ1) is 14.4. The molecule has 1 heterocycles. The molecule has 1 amide bonds. The second kappa shape index (κ2) is 5.66. The van der Waals surface area contributed by atoms with Gasteiger partial charge in [-0.2, -0.15) is 0 Å². The Hall–Kier alpha value is -1.58. The van der Waals surface area contributed by atoms with Gasteiger partial charge in [-0.1, -0.05) is 29.8 Å². The third-order valence-electron chi connectivity index (χ3n) is 3.59. The summed E-state index contributed by atoms with van der Waals surface area (Å²) in [6.07, 6.45) is 0.811. The minimum atomic E-state index is -0.530. The van der Waals surface area contributed by atoms with Gasteiger partial charge >= 0.3 is 0 Å². The Bertz CT molecular complexity index is 717. The van der Waals surface area contributed by atoms with Gasteiger partial charge in [-0.15, -0.1) is 11.6 Å². The zero-order valence-electron chi connectivity index (χ0n) is 11.0. The van der Waals surface area contributed by atoms with E-state index < -0.39 is 11.2 Å². The van der Waals surface area contributed by atoms with E-state index in [1.54, 1.807) is 12.1 Å². The molecule has 3 rings (SSSR count). The highest BCUT2D eigenvalue weighted by Crippen LogP contribution is 2.35. The molecule has 0 fully saturated rings. The number of nitrogens with one attached hydrogen (secondary N) is 1. The predicted molar refractivity (Wildman–Crippen MR) is 81.6 cm³/mol. The number of carbonyl (C=O) groups is 1. The number of hydrogen-bond acceptors (Lipinski definition) is 1. The average molecular weight is 324 g/mol. The van der Waals surface area contributed by atoms with Crippen molar-refractivity contribution in [3.05, 3.63) is 69.5 Å². The van der Waals surface area contributed by atoms with Crippen LogP contribution in [0.1, 0.15) is 32.4 Å². The molecular formula is C16H12Cl2FNO. The maximum absolute atomic E-state index is 13.1. The van der Waals surface area contributed by atoms with Crippen molar-refractivity contribution in [1.82, 2.24) is 5.32 Å².